The molecule has 1 heterocycles. The number of carbonyl (C=O) groups is 1. The van der Waals surface area contributed by atoms with E-state index in [1.165, 1.54) is 19.2 Å². The van der Waals surface area contributed by atoms with E-state index >= 15 is 0 Å². The molecule has 0 amide bonds. The first-order valence-electron chi connectivity index (χ1n) is 11.4. The number of hydrogen-bond donors (Lipinski definition) is 2. The van der Waals surface area contributed by atoms with E-state index < -0.39 is 25.9 Å². The molecule has 7 nitrogen and oxygen atoms in total. The molecule has 0 spiro atoms. The number of hydrogen-bond acceptors (Lipinski definition) is 6. The Kier molecular flexibility index (Phi) is 8.89. The van der Waals surface area contributed by atoms with Crippen LogP contribution < -0.4 is 0 Å². The van der Waals surface area contributed by atoms with Gasteiger partial charge in [0.25, 0.3) is 0 Å². The molecule has 35 heavy (non-hydrogen) atoms. The predicted molar refractivity (Wildman–Crippen MR) is 133 cm³/mol. The number of nitrogens with zero attached hydrogens (tertiary/aromatic N) is 2. The lowest BCUT2D eigenvalue weighted by Crippen LogP contribution is -2.19. The summed E-state index contributed by atoms with van der Waals surface area (Å²) in [5.41, 5.74) is 3.67. The fourth-order valence-corrected chi connectivity index (χ4v) is 5.76. The van der Waals surface area contributed by atoms with Crippen LogP contribution in [0.2, 0.25) is 0 Å². The highest BCUT2D eigenvalue weighted by molar-refractivity contribution is 7.59. The SMILES string of the molecule is COP(=O)(CCc1c(-c2ccc(F)cc2)nc(-c2ccccc2)nc1C(C)C)CC(O)CC(=O)O. The van der Waals surface area contributed by atoms with Crippen molar-refractivity contribution in [2.45, 2.75) is 38.7 Å². The Hall–Kier alpha value is -2.93. The summed E-state index contributed by atoms with van der Waals surface area (Å²) in [6, 6.07) is 15.5. The zero-order valence-corrected chi connectivity index (χ0v) is 20.9. The van der Waals surface area contributed by atoms with Crippen molar-refractivity contribution in [3.8, 4) is 22.6 Å². The molecule has 0 saturated carbocycles. The second kappa shape index (κ2) is 11.7. The Labute approximate surface area is 204 Å². The maximum absolute atomic E-state index is 13.7. The Balaban J connectivity index is 2.07. The molecule has 2 atom stereocenters. The highest BCUT2D eigenvalue weighted by Crippen LogP contribution is 2.48. The largest absolute Gasteiger partial charge is 0.481 e. The molecule has 0 bridgehead atoms. The third-order valence-electron chi connectivity index (χ3n) is 5.67. The molecule has 1 aromatic heterocycles. The summed E-state index contributed by atoms with van der Waals surface area (Å²) in [7, 11) is -2.05. The van der Waals surface area contributed by atoms with Crippen LogP contribution in [0.15, 0.2) is 54.6 Å². The van der Waals surface area contributed by atoms with Gasteiger partial charge < -0.3 is 14.7 Å². The van der Waals surface area contributed by atoms with Crippen molar-refractivity contribution in [3.05, 3.63) is 71.7 Å². The summed E-state index contributed by atoms with van der Waals surface area (Å²) in [4.78, 5) is 20.6. The van der Waals surface area contributed by atoms with E-state index in [1.54, 1.807) is 12.1 Å². The van der Waals surface area contributed by atoms with Crippen molar-refractivity contribution in [1.29, 1.82) is 0 Å². The number of halogens is 1. The Morgan fingerprint density at radius 1 is 1.06 bits per heavy atom. The van der Waals surface area contributed by atoms with Gasteiger partial charge in [-0.25, -0.2) is 14.4 Å². The van der Waals surface area contributed by atoms with E-state index in [-0.39, 0.29) is 30.5 Å². The lowest BCUT2D eigenvalue weighted by molar-refractivity contribution is -0.138. The third kappa shape index (κ3) is 7.04. The number of aliphatic carboxylic acids is 1. The number of carboxylic acids is 1. The number of aliphatic hydroxyl groups is 1. The second-order valence-electron chi connectivity index (χ2n) is 8.69. The molecule has 186 valence electrons. The molecule has 2 unspecified atom stereocenters. The average Bonchev–Trinajstić information content (AvgIpc) is 2.82. The fraction of sp³-hybridized carbons (Fsp3) is 0.346. The van der Waals surface area contributed by atoms with Crippen LogP contribution in [-0.2, 0) is 20.3 Å². The van der Waals surface area contributed by atoms with Gasteiger partial charge in [-0.3, -0.25) is 9.36 Å². The summed E-state index contributed by atoms with van der Waals surface area (Å²) < 4.78 is 32.3. The Morgan fingerprint density at radius 2 is 1.71 bits per heavy atom. The number of rotatable bonds is 11. The zero-order valence-electron chi connectivity index (χ0n) is 20.0. The summed E-state index contributed by atoms with van der Waals surface area (Å²) in [5.74, 6) is -1.00. The number of benzene rings is 2. The van der Waals surface area contributed by atoms with Gasteiger partial charge in [-0.1, -0.05) is 44.2 Å². The van der Waals surface area contributed by atoms with Crippen LogP contribution in [0.1, 0.15) is 37.4 Å². The lowest BCUT2D eigenvalue weighted by Gasteiger charge is -2.22. The molecule has 2 aromatic carbocycles. The molecular weight excluding hydrogens is 470 g/mol. The van der Waals surface area contributed by atoms with Gasteiger partial charge in [0.2, 0.25) is 7.37 Å². The molecule has 0 aliphatic carbocycles. The molecule has 0 fully saturated rings. The zero-order chi connectivity index (χ0) is 25.6. The minimum Gasteiger partial charge on any atom is -0.481 e. The van der Waals surface area contributed by atoms with Crippen molar-refractivity contribution < 1.29 is 28.5 Å². The summed E-state index contributed by atoms with van der Waals surface area (Å²) in [6.45, 7) is 4.00. The molecule has 0 aliphatic rings. The van der Waals surface area contributed by atoms with Gasteiger partial charge in [-0.05, 0) is 36.6 Å². The van der Waals surface area contributed by atoms with Gasteiger partial charge in [0.1, 0.15) is 5.82 Å². The minimum absolute atomic E-state index is 0.00851. The maximum Gasteiger partial charge on any atom is 0.305 e. The second-order valence-corrected chi connectivity index (χ2v) is 11.5. The molecular formula is C26H30FN2O5P. The molecule has 9 heteroatoms. The lowest BCUT2D eigenvalue weighted by atomic mass is 9.96. The van der Waals surface area contributed by atoms with E-state index in [0.29, 0.717) is 17.1 Å². The molecule has 2 N–H and O–H groups in total. The first kappa shape index (κ1) is 26.7. The molecule has 0 saturated heterocycles. The van der Waals surface area contributed by atoms with Crippen molar-refractivity contribution in [3.63, 3.8) is 0 Å². The molecule has 0 aliphatic heterocycles. The maximum atomic E-state index is 13.7. The van der Waals surface area contributed by atoms with Crippen molar-refractivity contribution in [1.82, 2.24) is 9.97 Å². The van der Waals surface area contributed by atoms with E-state index in [9.17, 15) is 18.9 Å². The van der Waals surface area contributed by atoms with E-state index in [2.05, 4.69) is 0 Å². The first-order chi connectivity index (χ1) is 16.6. The summed E-state index contributed by atoms with van der Waals surface area (Å²) in [6.07, 6.45) is -1.71. The van der Waals surface area contributed by atoms with Crippen LogP contribution in [0.5, 0.6) is 0 Å². The van der Waals surface area contributed by atoms with Crippen molar-refractivity contribution >= 4 is 13.3 Å². The topological polar surface area (TPSA) is 110 Å². The monoisotopic (exact) mass is 500 g/mol. The summed E-state index contributed by atoms with van der Waals surface area (Å²) in [5, 5.41) is 19.0. The standard InChI is InChI=1S/C26H30FN2O5P/c1-17(2)24-22(13-14-35(33,34-3)16-21(30)15-23(31)32)25(18-9-11-20(27)12-10-18)29-26(28-24)19-7-5-4-6-8-19/h4-12,17,21,30H,13-16H2,1-3H3,(H,31,32). The van der Waals surface area contributed by atoms with Gasteiger partial charge in [0.05, 0.1) is 30.1 Å². The van der Waals surface area contributed by atoms with E-state index in [0.717, 1.165) is 16.8 Å². The van der Waals surface area contributed by atoms with Crippen molar-refractivity contribution in [2.24, 2.45) is 0 Å². The van der Waals surface area contributed by atoms with Crippen LogP contribution in [0, 0.1) is 5.82 Å². The number of aromatic nitrogens is 2. The van der Waals surface area contributed by atoms with Crippen molar-refractivity contribution in [2.75, 3.05) is 19.4 Å². The average molecular weight is 501 g/mol. The van der Waals surface area contributed by atoms with E-state index in [4.69, 9.17) is 19.6 Å². The normalized spacial score (nSPS) is 14.0. The summed E-state index contributed by atoms with van der Waals surface area (Å²) >= 11 is 0. The Bertz CT molecular complexity index is 1200. The third-order valence-corrected chi connectivity index (χ3v) is 8.22. The first-order valence-corrected chi connectivity index (χ1v) is 13.4. The fourth-order valence-electron chi connectivity index (χ4n) is 3.91. The Morgan fingerprint density at radius 3 is 2.29 bits per heavy atom. The van der Waals surface area contributed by atoms with Gasteiger partial charge >= 0.3 is 5.97 Å². The van der Waals surface area contributed by atoms with Gasteiger partial charge in [-0.15, -0.1) is 0 Å². The predicted octanol–water partition coefficient (Wildman–Crippen LogP) is 5.38. The van der Waals surface area contributed by atoms with Gasteiger partial charge in [0.15, 0.2) is 5.82 Å². The minimum atomic E-state index is -3.35. The molecule has 0 radical (unpaired) electrons. The quantitative estimate of drug-likeness (QED) is 0.340. The highest BCUT2D eigenvalue weighted by Gasteiger charge is 2.29. The van der Waals surface area contributed by atoms with Crippen LogP contribution in [-0.4, -0.2) is 51.7 Å². The number of carboxylic acid groups (broad SMARTS) is 1. The van der Waals surface area contributed by atoms with Gasteiger partial charge in [-0.2, -0.15) is 0 Å². The molecule has 3 rings (SSSR count). The van der Waals surface area contributed by atoms with Crippen LogP contribution in [0.25, 0.3) is 22.6 Å². The molecule has 3 aromatic rings. The smallest absolute Gasteiger partial charge is 0.305 e. The van der Waals surface area contributed by atoms with Crippen LogP contribution in [0.3, 0.4) is 0 Å². The van der Waals surface area contributed by atoms with Crippen LogP contribution in [0.4, 0.5) is 4.39 Å². The van der Waals surface area contributed by atoms with Crippen LogP contribution >= 0.6 is 7.37 Å². The highest BCUT2D eigenvalue weighted by atomic mass is 31.2. The number of aliphatic hydroxyl groups excluding tert-OH is 1. The van der Waals surface area contributed by atoms with Gasteiger partial charge in [0, 0.05) is 30.0 Å². The van der Waals surface area contributed by atoms with E-state index in [1.807, 2.05) is 44.2 Å².